The van der Waals surface area contributed by atoms with Crippen molar-refractivity contribution in [2.45, 2.75) is 30.5 Å². The van der Waals surface area contributed by atoms with Crippen molar-refractivity contribution >= 4 is 17.7 Å². The summed E-state index contributed by atoms with van der Waals surface area (Å²) < 4.78 is 4.60. The van der Waals surface area contributed by atoms with Gasteiger partial charge in [0.05, 0.1) is 19.1 Å². The van der Waals surface area contributed by atoms with Gasteiger partial charge in [0.2, 0.25) is 0 Å². The maximum atomic E-state index is 11.1. The van der Waals surface area contributed by atoms with Crippen molar-refractivity contribution in [1.29, 1.82) is 5.26 Å². The van der Waals surface area contributed by atoms with Crippen molar-refractivity contribution in [3.63, 3.8) is 0 Å². The molecule has 0 saturated carbocycles. The first-order chi connectivity index (χ1) is 8.06. The molecule has 0 bridgehead atoms. The maximum Gasteiger partial charge on any atom is 0.306 e. The Kier molecular flexibility index (Phi) is 4.98. The number of ether oxygens (including phenoxy) is 1. The molecule has 0 N–H and O–H groups in total. The number of carbonyl (C=O) groups excluding carboxylic acids is 1. The molecule has 1 unspecified atom stereocenters. The highest BCUT2D eigenvalue weighted by Crippen LogP contribution is 2.26. The number of thioether (sulfide) groups is 1. The standard InChI is InChI=1S/C12H14N2O2S/c1-8-4-5-10(7-13)12(14-8)17-9(2)6-11(15)16-3/h4-5,9H,6H2,1-3H3. The van der Waals surface area contributed by atoms with Crippen molar-refractivity contribution in [1.82, 2.24) is 4.98 Å². The predicted molar refractivity (Wildman–Crippen MR) is 65.6 cm³/mol. The number of carbonyl (C=O) groups is 1. The molecule has 0 aromatic carbocycles. The largest absolute Gasteiger partial charge is 0.469 e. The van der Waals surface area contributed by atoms with Crippen LogP contribution in [0.5, 0.6) is 0 Å². The van der Waals surface area contributed by atoms with Crippen LogP contribution in [0.2, 0.25) is 0 Å². The lowest BCUT2D eigenvalue weighted by Gasteiger charge is -2.10. The minimum absolute atomic E-state index is 0.0313. The van der Waals surface area contributed by atoms with Gasteiger partial charge in [0.1, 0.15) is 11.1 Å². The van der Waals surface area contributed by atoms with Crippen molar-refractivity contribution in [2.24, 2.45) is 0 Å². The second kappa shape index (κ2) is 6.26. The molecule has 0 spiro atoms. The summed E-state index contributed by atoms with van der Waals surface area (Å²) in [6.07, 6.45) is 0.307. The fraction of sp³-hybridized carbons (Fsp3) is 0.417. The lowest BCUT2D eigenvalue weighted by atomic mass is 10.3. The molecule has 1 aromatic rings. The Hall–Kier alpha value is -1.54. The van der Waals surface area contributed by atoms with E-state index in [-0.39, 0.29) is 11.2 Å². The number of pyridine rings is 1. The van der Waals surface area contributed by atoms with Gasteiger partial charge in [-0.25, -0.2) is 4.98 Å². The summed E-state index contributed by atoms with van der Waals surface area (Å²) in [6, 6.07) is 5.64. The molecule has 1 heterocycles. The van der Waals surface area contributed by atoms with Gasteiger partial charge in [0, 0.05) is 10.9 Å². The minimum atomic E-state index is -0.254. The summed E-state index contributed by atoms with van der Waals surface area (Å²) in [7, 11) is 1.37. The van der Waals surface area contributed by atoms with Gasteiger partial charge in [-0.1, -0.05) is 6.92 Å². The molecule has 0 aliphatic carbocycles. The van der Waals surface area contributed by atoms with Crippen LogP contribution in [0.4, 0.5) is 0 Å². The van der Waals surface area contributed by atoms with E-state index >= 15 is 0 Å². The normalized spacial score (nSPS) is 11.6. The Morgan fingerprint density at radius 2 is 2.35 bits per heavy atom. The Labute approximate surface area is 105 Å². The Morgan fingerprint density at radius 1 is 1.65 bits per heavy atom. The number of esters is 1. The van der Waals surface area contributed by atoms with E-state index < -0.39 is 0 Å². The summed E-state index contributed by atoms with van der Waals surface area (Å²) in [4.78, 5) is 15.4. The summed E-state index contributed by atoms with van der Waals surface area (Å²) in [5.74, 6) is -0.254. The van der Waals surface area contributed by atoms with E-state index in [1.165, 1.54) is 18.9 Å². The van der Waals surface area contributed by atoms with E-state index in [0.717, 1.165) is 5.69 Å². The summed E-state index contributed by atoms with van der Waals surface area (Å²) in [5.41, 5.74) is 1.40. The van der Waals surface area contributed by atoms with E-state index in [1.807, 2.05) is 13.8 Å². The zero-order valence-electron chi connectivity index (χ0n) is 10.1. The number of hydrogen-bond donors (Lipinski definition) is 0. The Morgan fingerprint density at radius 3 is 2.94 bits per heavy atom. The van der Waals surface area contributed by atoms with Crippen LogP contribution in [-0.4, -0.2) is 23.3 Å². The molecule has 0 amide bonds. The summed E-state index contributed by atoms with van der Waals surface area (Å²) >= 11 is 1.42. The van der Waals surface area contributed by atoms with Gasteiger partial charge in [0.25, 0.3) is 0 Å². The molecule has 90 valence electrons. The molecular formula is C12H14N2O2S. The molecule has 0 fully saturated rings. The predicted octanol–water partition coefficient (Wildman–Crippen LogP) is 2.31. The fourth-order valence-electron chi connectivity index (χ4n) is 1.26. The SMILES string of the molecule is COC(=O)CC(C)Sc1nc(C)ccc1C#N. The van der Waals surface area contributed by atoms with Crippen molar-refractivity contribution in [2.75, 3.05) is 7.11 Å². The summed E-state index contributed by atoms with van der Waals surface area (Å²) in [5, 5.41) is 9.66. The van der Waals surface area contributed by atoms with E-state index in [1.54, 1.807) is 12.1 Å². The lowest BCUT2D eigenvalue weighted by molar-refractivity contribution is -0.140. The van der Waals surface area contributed by atoms with Crippen LogP contribution in [-0.2, 0) is 9.53 Å². The average Bonchev–Trinajstić information content (AvgIpc) is 2.29. The number of hydrogen-bond acceptors (Lipinski definition) is 5. The van der Waals surface area contributed by atoms with Crippen LogP contribution >= 0.6 is 11.8 Å². The molecule has 1 atom stereocenters. The fourth-order valence-corrected chi connectivity index (χ4v) is 2.30. The van der Waals surface area contributed by atoms with Gasteiger partial charge in [-0.3, -0.25) is 4.79 Å². The van der Waals surface area contributed by atoms with Crippen LogP contribution in [0, 0.1) is 18.3 Å². The molecule has 0 aliphatic rings. The number of rotatable bonds is 4. The molecule has 17 heavy (non-hydrogen) atoms. The third-order valence-corrected chi connectivity index (χ3v) is 3.22. The topological polar surface area (TPSA) is 63.0 Å². The minimum Gasteiger partial charge on any atom is -0.469 e. The summed E-state index contributed by atoms with van der Waals surface area (Å²) in [6.45, 7) is 3.78. The number of aromatic nitrogens is 1. The molecule has 5 heteroatoms. The highest BCUT2D eigenvalue weighted by atomic mass is 32.2. The number of aryl methyl sites for hydroxylation is 1. The zero-order chi connectivity index (χ0) is 12.8. The Balaban J connectivity index is 2.77. The van der Waals surface area contributed by atoms with Crippen LogP contribution in [0.1, 0.15) is 24.6 Å². The van der Waals surface area contributed by atoms with E-state index in [9.17, 15) is 4.79 Å². The molecule has 4 nitrogen and oxygen atoms in total. The molecule has 1 aromatic heterocycles. The van der Waals surface area contributed by atoms with Gasteiger partial charge in [-0.05, 0) is 19.1 Å². The first-order valence-electron chi connectivity index (χ1n) is 5.18. The smallest absolute Gasteiger partial charge is 0.306 e. The highest BCUT2D eigenvalue weighted by Gasteiger charge is 2.14. The zero-order valence-corrected chi connectivity index (χ0v) is 10.9. The van der Waals surface area contributed by atoms with Crippen LogP contribution in [0.15, 0.2) is 17.2 Å². The molecular weight excluding hydrogens is 236 g/mol. The lowest BCUT2D eigenvalue weighted by Crippen LogP contribution is -2.09. The van der Waals surface area contributed by atoms with Gasteiger partial charge in [0.15, 0.2) is 0 Å². The monoisotopic (exact) mass is 250 g/mol. The molecule has 1 rings (SSSR count). The van der Waals surface area contributed by atoms with Crippen LogP contribution < -0.4 is 0 Å². The van der Waals surface area contributed by atoms with Crippen molar-refractivity contribution < 1.29 is 9.53 Å². The first kappa shape index (κ1) is 13.5. The second-order valence-electron chi connectivity index (χ2n) is 3.63. The number of nitrogens with zero attached hydrogens (tertiary/aromatic N) is 2. The molecule has 0 aliphatic heterocycles. The molecule has 0 saturated heterocycles. The van der Waals surface area contributed by atoms with Crippen molar-refractivity contribution in [3.05, 3.63) is 23.4 Å². The van der Waals surface area contributed by atoms with Crippen molar-refractivity contribution in [3.8, 4) is 6.07 Å². The van der Waals surface area contributed by atoms with E-state index in [4.69, 9.17) is 5.26 Å². The third kappa shape index (κ3) is 4.08. The number of methoxy groups -OCH3 is 1. The van der Waals surface area contributed by atoms with Crippen LogP contribution in [0.25, 0.3) is 0 Å². The van der Waals surface area contributed by atoms with E-state index in [0.29, 0.717) is 17.0 Å². The quantitative estimate of drug-likeness (QED) is 0.606. The average molecular weight is 250 g/mol. The number of nitriles is 1. The van der Waals surface area contributed by atoms with Gasteiger partial charge >= 0.3 is 5.97 Å². The van der Waals surface area contributed by atoms with Gasteiger partial charge in [-0.2, -0.15) is 5.26 Å². The van der Waals surface area contributed by atoms with Crippen LogP contribution in [0.3, 0.4) is 0 Å². The second-order valence-corrected chi connectivity index (χ2v) is 5.05. The molecule has 0 radical (unpaired) electrons. The van der Waals surface area contributed by atoms with E-state index in [2.05, 4.69) is 15.8 Å². The highest BCUT2D eigenvalue weighted by molar-refractivity contribution is 7.99. The van der Waals surface area contributed by atoms with Gasteiger partial charge in [-0.15, -0.1) is 11.8 Å². The Bertz CT molecular complexity index is 454. The third-order valence-electron chi connectivity index (χ3n) is 2.11. The maximum absolute atomic E-state index is 11.1. The van der Waals surface area contributed by atoms with Gasteiger partial charge < -0.3 is 4.74 Å². The first-order valence-corrected chi connectivity index (χ1v) is 6.06.